The normalized spacial score (nSPS) is 14.3. The lowest BCUT2D eigenvalue weighted by Gasteiger charge is -2.26. The number of nitrogens with one attached hydrogen (secondary N) is 1. The molecule has 35 heavy (non-hydrogen) atoms. The van der Waals surface area contributed by atoms with Crippen molar-refractivity contribution in [3.8, 4) is 6.07 Å². The molecular weight excluding hydrogens is 440 g/mol. The van der Waals surface area contributed by atoms with Gasteiger partial charge in [-0.3, -0.25) is 19.5 Å². The lowest BCUT2D eigenvalue weighted by atomic mass is 10.1. The van der Waals surface area contributed by atoms with E-state index in [4.69, 9.17) is 0 Å². The number of carbonyl (C=O) groups is 2. The number of likely N-dealkylation sites (tertiary alicyclic amines) is 1. The summed E-state index contributed by atoms with van der Waals surface area (Å²) in [5.41, 5.74) is 3.09. The van der Waals surface area contributed by atoms with Gasteiger partial charge in [0.2, 0.25) is 5.95 Å². The largest absolute Gasteiger partial charge is 0.339 e. The Balaban J connectivity index is 1.77. The number of carbonyl (C=O) groups excluding carboxylic acids is 2. The van der Waals surface area contributed by atoms with Crippen LogP contribution in [0.2, 0.25) is 0 Å². The third kappa shape index (κ3) is 5.14. The van der Waals surface area contributed by atoms with E-state index in [0.29, 0.717) is 33.8 Å². The monoisotopic (exact) mass is 468 g/mol. The van der Waals surface area contributed by atoms with Gasteiger partial charge < -0.3 is 4.90 Å². The van der Waals surface area contributed by atoms with E-state index in [1.807, 2.05) is 43.0 Å². The molecule has 3 aromatic rings. The summed E-state index contributed by atoms with van der Waals surface area (Å²) in [4.78, 5) is 37.2. The van der Waals surface area contributed by atoms with Crippen LogP contribution in [-0.2, 0) is 0 Å². The highest BCUT2D eigenvalue weighted by Crippen LogP contribution is 2.26. The molecule has 1 aliphatic heterocycles. The maximum atomic E-state index is 13.0. The van der Waals surface area contributed by atoms with Crippen molar-refractivity contribution in [3.05, 3.63) is 71.4 Å². The fourth-order valence-corrected chi connectivity index (χ4v) is 4.21. The number of nitrogens with zero attached hydrogens (tertiary/aromatic N) is 5. The van der Waals surface area contributed by atoms with E-state index in [9.17, 15) is 14.9 Å². The topological polar surface area (TPSA) is 104 Å². The van der Waals surface area contributed by atoms with Gasteiger partial charge in [0, 0.05) is 30.5 Å². The van der Waals surface area contributed by atoms with Gasteiger partial charge in [-0.25, -0.2) is 9.97 Å². The first-order valence-corrected chi connectivity index (χ1v) is 11.9. The number of rotatable bonds is 6. The molecule has 0 radical (unpaired) electrons. The Labute approximate surface area is 204 Å². The van der Waals surface area contributed by atoms with Crippen LogP contribution in [0, 0.1) is 11.3 Å². The minimum absolute atomic E-state index is 0.0506. The number of hydrogen-bond acceptors (Lipinski definition) is 5. The number of fused-ring (bicyclic) bond motifs is 1. The number of pyridine rings is 1. The molecule has 3 heterocycles. The Hall–Kier alpha value is -4.25. The molecule has 0 unspecified atom stereocenters. The molecule has 2 amide bonds. The molecule has 178 valence electrons. The van der Waals surface area contributed by atoms with Gasteiger partial charge in [0.05, 0.1) is 17.2 Å². The molecule has 4 rings (SSSR count). The van der Waals surface area contributed by atoms with E-state index in [2.05, 4.69) is 15.3 Å². The molecule has 0 aliphatic carbocycles. The molecule has 0 saturated carbocycles. The fraction of sp³-hybridized carbons (Fsp3) is 0.296. The number of nitriles is 1. The molecule has 1 saturated heterocycles. The fourth-order valence-electron chi connectivity index (χ4n) is 4.21. The minimum Gasteiger partial charge on any atom is -0.339 e. The van der Waals surface area contributed by atoms with Crippen LogP contribution in [0.15, 0.2) is 54.8 Å². The maximum Gasteiger partial charge on any atom is 0.258 e. The number of aromatic nitrogens is 3. The third-order valence-corrected chi connectivity index (χ3v) is 5.88. The van der Waals surface area contributed by atoms with Gasteiger partial charge in [0.1, 0.15) is 5.52 Å². The van der Waals surface area contributed by atoms with Crippen LogP contribution in [0.25, 0.3) is 16.9 Å². The number of imidazole rings is 1. The Morgan fingerprint density at radius 1 is 1.17 bits per heavy atom. The van der Waals surface area contributed by atoms with Gasteiger partial charge in [-0.2, -0.15) is 5.26 Å². The summed E-state index contributed by atoms with van der Waals surface area (Å²) >= 11 is 0. The van der Waals surface area contributed by atoms with Crippen molar-refractivity contribution in [2.24, 2.45) is 0 Å². The number of allylic oxidation sites excluding steroid dienone is 4. The minimum atomic E-state index is -0.389. The van der Waals surface area contributed by atoms with Crippen molar-refractivity contribution in [1.29, 1.82) is 5.26 Å². The highest BCUT2D eigenvalue weighted by atomic mass is 16.2. The van der Waals surface area contributed by atoms with Crippen LogP contribution in [0.4, 0.5) is 5.95 Å². The number of piperidine rings is 1. The predicted molar refractivity (Wildman–Crippen MR) is 136 cm³/mol. The van der Waals surface area contributed by atoms with E-state index >= 15 is 0 Å². The van der Waals surface area contributed by atoms with Gasteiger partial charge in [-0.05, 0) is 62.9 Å². The SMILES string of the molecule is C/C=C\C(=C/CC)n1c(NC(=O)c2cccc(C#N)c2)nc2cc(C(=O)N3CCCCC3)cnc21. The van der Waals surface area contributed by atoms with E-state index in [1.165, 1.54) is 6.07 Å². The molecule has 0 bridgehead atoms. The Morgan fingerprint density at radius 3 is 2.69 bits per heavy atom. The quantitative estimate of drug-likeness (QED) is 0.512. The zero-order chi connectivity index (χ0) is 24.8. The highest BCUT2D eigenvalue weighted by molar-refractivity contribution is 6.05. The molecule has 8 nitrogen and oxygen atoms in total. The lowest BCUT2D eigenvalue weighted by molar-refractivity contribution is 0.0724. The van der Waals surface area contributed by atoms with Gasteiger partial charge >= 0.3 is 0 Å². The second-order valence-electron chi connectivity index (χ2n) is 8.37. The van der Waals surface area contributed by atoms with Crippen molar-refractivity contribution in [1.82, 2.24) is 19.4 Å². The third-order valence-electron chi connectivity index (χ3n) is 5.88. The molecule has 0 spiro atoms. The Kier molecular flexibility index (Phi) is 7.36. The average molecular weight is 469 g/mol. The van der Waals surface area contributed by atoms with Crippen molar-refractivity contribution in [2.45, 2.75) is 39.5 Å². The van der Waals surface area contributed by atoms with E-state index in [-0.39, 0.29) is 11.8 Å². The van der Waals surface area contributed by atoms with Gasteiger partial charge in [0.25, 0.3) is 11.8 Å². The van der Waals surface area contributed by atoms with Crippen LogP contribution in [0.1, 0.15) is 65.8 Å². The summed E-state index contributed by atoms with van der Waals surface area (Å²) in [6.45, 7) is 5.44. The number of amides is 2. The zero-order valence-electron chi connectivity index (χ0n) is 20.0. The van der Waals surface area contributed by atoms with Crippen LogP contribution >= 0.6 is 0 Å². The van der Waals surface area contributed by atoms with Gasteiger partial charge in [-0.1, -0.05) is 25.1 Å². The summed E-state index contributed by atoms with van der Waals surface area (Å²) in [5, 5.41) is 12.0. The van der Waals surface area contributed by atoms with Crippen molar-refractivity contribution in [2.75, 3.05) is 18.4 Å². The van der Waals surface area contributed by atoms with Crippen molar-refractivity contribution in [3.63, 3.8) is 0 Å². The summed E-state index contributed by atoms with van der Waals surface area (Å²) in [6, 6.07) is 10.3. The molecule has 1 N–H and O–H groups in total. The highest BCUT2D eigenvalue weighted by Gasteiger charge is 2.22. The summed E-state index contributed by atoms with van der Waals surface area (Å²) in [5.74, 6) is -0.148. The van der Waals surface area contributed by atoms with E-state index < -0.39 is 0 Å². The standard InChI is InChI=1S/C27H28N6O2/c1-3-9-22(10-4-2)33-24-23(16-21(18-29-24)26(35)32-13-6-5-7-14-32)30-27(33)31-25(34)20-12-8-11-19(15-20)17-28/h3,8-12,15-16,18H,4-7,13-14H2,1-2H3,(H,30,31,34)/b9-3-,22-10+. The average Bonchev–Trinajstić information content (AvgIpc) is 3.25. The number of benzene rings is 1. The summed E-state index contributed by atoms with van der Waals surface area (Å²) < 4.78 is 1.78. The van der Waals surface area contributed by atoms with Crippen molar-refractivity contribution < 1.29 is 9.59 Å². The first-order chi connectivity index (χ1) is 17.0. The van der Waals surface area contributed by atoms with Crippen LogP contribution in [0.5, 0.6) is 0 Å². The molecule has 2 aromatic heterocycles. The first-order valence-electron chi connectivity index (χ1n) is 11.9. The van der Waals surface area contributed by atoms with Crippen LogP contribution < -0.4 is 5.32 Å². The zero-order valence-corrected chi connectivity index (χ0v) is 20.0. The maximum absolute atomic E-state index is 13.0. The summed E-state index contributed by atoms with van der Waals surface area (Å²) in [6.07, 6.45) is 11.3. The van der Waals surface area contributed by atoms with E-state index in [1.54, 1.807) is 35.0 Å². The molecular formula is C27H28N6O2. The van der Waals surface area contributed by atoms with Crippen LogP contribution in [0.3, 0.4) is 0 Å². The van der Waals surface area contributed by atoms with Gasteiger partial charge in [0.15, 0.2) is 5.65 Å². The summed E-state index contributed by atoms with van der Waals surface area (Å²) in [7, 11) is 0. The smallest absolute Gasteiger partial charge is 0.258 e. The van der Waals surface area contributed by atoms with Gasteiger partial charge in [-0.15, -0.1) is 0 Å². The predicted octanol–water partition coefficient (Wildman–Crippen LogP) is 5.01. The Morgan fingerprint density at radius 2 is 1.97 bits per heavy atom. The molecule has 1 aliphatic rings. The molecule has 0 atom stereocenters. The van der Waals surface area contributed by atoms with Crippen molar-refractivity contribution >= 4 is 34.6 Å². The first kappa shape index (κ1) is 23.9. The second kappa shape index (κ2) is 10.8. The second-order valence-corrected chi connectivity index (χ2v) is 8.37. The van der Waals surface area contributed by atoms with Crippen LogP contribution in [-0.4, -0.2) is 44.3 Å². The van der Waals surface area contributed by atoms with E-state index in [0.717, 1.165) is 44.5 Å². The molecule has 1 aromatic carbocycles. The lowest BCUT2D eigenvalue weighted by Crippen LogP contribution is -2.35. The number of anilines is 1. The Bertz CT molecular complexity index is 1360. The molecule has 1 fully saturated rings. The number of hydrogen-bond donors (Lipinski definition) is 1. The molecule has 8 heteroatoms.